The van der Waals surface area contributed by atoms with Crippen LogP contribution in [0.4, 0.5) is 10.2 Å². The maximum Gasteiger partial charge on any atom is 0.272 e. The van der Waals surface area contributed by atoms with Crippen LogP contribution in [-0.2, 0) is 17.8 Å². The number of carbonyl (C=O) groups is 2. The Balaban J connectivity index is 1.57. The minimum absolute atomic E-state index is 0.0939. The molecule has 3 rings (SSSR count). The van der Waals surface area contributed by atoms with Crippen LogP contribution >= 0.6 is 0 Å². The highest BCUT2D eigenvalue weighted by molar-refractivity contribution is 5.96. The number of carbonyl (C=O) groups excluding carboxylic acids is 2. The summed E-state index contributed by atoms with van der Waals surface area (Å²) in [7, 11) is 1.74. The van der Waals surface area contributed by atoms with Gasteiger partial charge in [0.2, 0.25) is 5.91 Å². The topological polar surface area (TPSA) is 67.2 Å². The molecule has 1 aromatic heterocycles. The van der Waals surface area contributed by atoms with Gasteiger partial charge in [0.1, 0.15) is 11.5 Å². The average molecular weight is 344 g/mol. The molecule has 2 heterocycles. The largest absolute Gasteiger partial charge is 0.339 e. The molecule has 0 bridgehead atoms. The van der Waals surface area contributed by atoms with Crippen LogP contribution in [0.2, 0.25) is 0 Å². The Hall–Kier alpha value is -2.70. The van der Waals surface area contributed by atoms with Crippen molar-refractivity contribution in [3.8, 4) is 0 Å². The van der Waals surface area contributed by atoms with Gasteiger partial charge >= 0.3 is 0 Å². The van der Waals surface area contributed by atoms with E-state index in [1.54, 1.807) is 34.8 Å². The third-order valence-electron chi connectivity index (χ3n) is 4.47. The Bertz CT molecular complexity index is 785. The van der Waals surface area contributed by atoms with E-state index in [1.165, 1.54) is 12.1 Å². The fraction of sp³-hybridized carbons (Fsp3) is 0.389. The highest BCUT2D eigenvalue weighted by Gasteiger charge is 2.24. The van der Waals surface area contributed by atoms with E-state index < -0.39 is 0 Å². The SMILES string of the molecule is C[C@@H](CCc1ccc(F)cc1)C(=O)Nc1cc2n(n1)CCN(C)C2=O. The average Bonchev–Trinajstić information content (AvgIpc) is 3.01. The van der Waals surface area contributed by atoms with E-state index in [4.69, 9.17) is 0 Å². The Morgan fingerprint density at radius 2 is 2.04 bits per heavy atom. The summed E-state index contributed by atoms with van der Waals surface area (Å²) in [4.78, 5) is 26.0. The number of anilines is 1. The monoisotopic (exact) mass is 344 g/mol. The zero-order valence-electron chi connectivity index (χ0n) is 14.3. The molecule has 0 aliphatic carbocycles. The second-order valence-corrected chi connectivity index (χ2v) is 6.42. The Labute approximate surface area is 145 Å². The first-order valence-electron chi connectivity index (χ1n) is 8.32. The molecule has 0 radical (unpaired) electrons. The number of amides is 2. The van der Waals surface area contributed by atoms with E-state index in [1.807, 2.05) is 6.92 Å². The van der Waals surface area contributed by atoms with Gasteiger partial charge in [-0.05, 0) is 30.5 Å². The Morgan fingerprint density at radius 1 is 1.32 bits per heavy atom. The van der Waals surface area contributed by atoms with Crippen LogP contribution in [0, 0.1) is 11.7 Å². The maximum absolute atomic E-state index is 12.9. The molecule has 0 unspecified atom stereocenters. The molecular weight excluding hydrogens is 323 g/mol. The van der Waals surface area contributed by atoms with Crippen molar-refractivity contribution in [2.45, 2.75) is 26.3 Å². The third kappa shape index (κ3) is 3.87. The molecule has 25 heavy (non-hydrogen) atoms. The first-order chi connectivity index (χ1) is 11.9. The predicted octanol–water partition coefficient (Wildman–Crippen LogP) is 2.32. The summed E-state index contributed by atoms with van der Waals surface area (Å²) in [6.07, 6.45) is 1.34. The van der Waals surface area contributed by atoms with Crippen LogP contribution < -0.4 is 5.32 Å². The number of likely N-dealkylation sites (N-methyl/N-ethyl adjacent to an activating group) is 1. The summed E-state index contributed by atoms with van der Waals surface area (Å²) in [6.45, 7) is 3.07. The van der Waals surface area contributed by atoms with Crippen molar-refractivity contribution in [1.29, 1.82) is 0 Å². The molecular formula is C18H21FN4O2. The van der Waals surface area contributed by atoms with Crippen LogP contribution in [0.1, 0.15) is 29.4 Å². The zero-order chi connectivity index (χ0) is 18.0. The summed E-state index contributed by atoms with van der Waals surface area (Å²) < 4.78 is 14.5. The molecule has 0 saturated carbocycles. The number of nitrogens with one attached hydrogen (secondary N) is 1. The van der Waals surface area contributed by atoms with Crippen molar-refractivity contribution >= 4 is 17.6 Å². The number of benzene rings is 1. The van der Waals surface area contributed by atoms with Gasteiger partial charge in [0, 0.05) is 25.6 Å². The molecule has 2 aromatic rings. The smallest absolute Gasteiger partial charge is 0.272 e. The van der Waals surface area contributed by atoms with Crippen molar-refractivity contribution in [2.24, 2.45) is 5.92 Å². The molecule has 1 aliphatic heterocycles. The number of nitrogens with zero attached hydrogens (tertiary/aromatic N) is 3. The van der Waals surface area contributed by atoms with Gasteiger partial charge < -0.3 is 10.2 Å². The van der Waals surface area contributed by atoms with E-state index in [9.17, 15) is 14.0 Å². The molecule has 7 heteroatoms. The Kier molecular flexibility index (Phi) is 4.83. The van der Waals surface area contributed by atoms with Gasteiger partial charge in [-0.15, -0.1) is 0 Å². The van der Waals surface area contributed by atoms with Crippen molar-refractivity contribution < 1.29 is 14.0 Å². The van der Waals surface area contributed by atoms with E-state index >= 15 is 0 Å². The highest BCUT2D eigenvalue weighted by Crippen LogP contribution is 2.17. The lowest BCUT2D eigenvalue weighted by Crippen LogP contribution is -2.37. The molecule has 1 aromatic carbocycles. The van der Waals surface area contributed by atoms with Crippen molar-refractivity contribution in [1.82, 2.24) is 14.7 Å². The van der Waals surface area contributed by atoms with E-state index in [-0.39, 0.29) is 23.5 Å². The molecule has 1 atom stereocenters. The number of aryl methyl sites for hydroxylation is 1. The van der Waals surface area contributed by atoms with Gasteiger partial charge in [0.05, 0.1) is 6.54 Å². The fourth-order valence-corrected chi connectivity index (χ4v) is 2.78. The molecule has 2 amide bonds. The third-order valence-corrected chi connectivity index (χ3v) is 4.47. The first-order valence-corrected chi connectivity index (χ1v) is 8.32. The van der Waals surface area contributed by atoms with Gasteiger partial charge in [-0.25, -0.2) is 4.39 Å². The molecule has 132 valence electrons. The lowest BCUT2D eigenvalue weighted by atomic mass is 10.0. The number of aromatic nitrogens is 2. The van der Waals surface area contributed by atoms with E-state index in [0.29, 0.717) is 37.4 Å². The number of fused-ring (bicyclic) bond motifs is 1. The minimum Gasteiger partial charge on any atom is -0.339 e. The van der Waals surface area contributed by atoms with Crippen LogP contribution in [-0.4, -0.2) is 40.1 Å². The second-order valence-electron chi connectivity index (χ2n) is 6.42. The normalized spacial score (nSPS) is 15.0. The lowest BCUT2D eigenvalue weighted by molar-refractivity contribution is -0.119. The van der Waals surface area contributed by atoms with Gasteiger partial charge in [0.15, 0.2) is 5.82 Å². The minimum atomic E-state index is -0.265. The maximum atomic E-state index is 12.9. The van der Waals surface area contributed by atoms with Crippen molar-refractivity contribution in [3.63, 3.8) is 0 Å². The van der Waals surface area contributed by atoms with Crippen molar-refractivity contribution in [3.05, 3.63) is 47.4 Å². The van der Waals surface area contributed by atoms with Gasteiger partial charge in [0.25, 0.3) is 5.91 Å². The van der Waals surface area contributed by atoms with Crippen LogP contribution in [0.5, 0.6) is 0 Å². The van der Waals surface area contributed by atoms with E-state index in [2.05, 4.69) is 10.4 Å². The van der Waals surface area contributed by atoms with Crippen LogP contribution in [0.15, 0.2) is 30.3 Å². The second kappa shape index (κ2) is 7.04. The first kappa shape index (κ1) is 17.1. The summed E-state index contributed by atoms with van der Waals surface area (Å²) >= 11 is 0. The van der Waals surface area contributed by atoms with E-state index in [0.717, 1.165) is 5.56 Å². The standard InChI is InChI=1S/C18H21FN4O2/c1-12(3-4-13-5-7-14(19)8-6-13)17(24)20-16-11-15-18(25)22(2)9-10-23(15)21-16/h5-8,11-12H,3-4,9-10H2,1-2H3,(H,20,21,24)/t12-/m0/s1. The van der Waals surface area contributed by atoms with Gasteiger partial charge in [-0.3, -0.25) is 14.3 Å². The summed E-state index contributed by atoms with van der Waals surface area (Å²) in [6, 6.07) is 7.91. The molecule has 6 nitrogen and oxygen atoms in total. The van der Waals surface area contributed by atoms with Gasteiger partial charge in [-0.1, -0.05) is 19.1 Å². The predicted molar refractivity (Wildman–Crippen MR) is 91.7 cm³/mol. The molecule has 1 N–H and O–H groups in total. The molecule has 0 saturated heterocycles. The van der Waals surface area contributed by atoms with Crippen LogP contribution in [0.25, 0.3) is 0 Å². The van der Waals surface area contributed by atoms with Crippen LogP contribution in [0.3, 0.4) is 0 Å². The quantitative estimate of drug-likeness (QED) is 0.905. The van der Waals surface area contributed by atoms with Gasteiger partial charge in [-0.2, -0.15) is 5.10 Å². The highest BCUT2D eigenvalue weighted by atomic mass is 19.1. The molecule has 0 fully saturated rings. The fourth-order valence-electron chi connectivity index (χ4n) is 2.78. The summed E-state index contributed by atoms with van der Waals surface area (Å²) in [5.74, 6) is -0.320. The summed E-state index contributed by atoms with van der Waals surface area (Å²) in [5.41, 5.74) is 1.48. The number of hydrogen-bond acceptors (Lipinski definition) is 3. The lowest BCUT2D eigenvalue weighted by Gasteiger charge is -2.22. The number of halogens is 1. The molecule has 1 aliphatic rings. The number of rotatable bonds is 5. The summed E-state index contributed by atoms with van der Waals surface area (Å²) in [5, 5.41) is 7.06. The zero-order valence-corrected chi connectivity index (χ0v) is 14.3. The van der Waals surface area contributed by atoms with Crippen molar-refractivity contribution in [2.75, 3.05) is 18.9 Å². The number of hydrogen-bond donors (Lipinski definition) is 1. The Morgan fingerprint density at radius 3 is 2.76 bits per heavy atom. The molecule has 0 spiro atoms.